The first kappa shape index (κ1) is 16.5. The normalized spacial score (nSPS) is 33.0. The molecule has 0 radical (unpaired) electrons. The first-order valence-corrected chi connectivity index (χ1v) is 9.16. The standard InChI is InChI=1S/C15H26N2O3S/c1-3-15(13(18)19)9-4-10-17(15)14(20)16-11-5-7-12(21-2)8-6-11/h11-12H,3-10H2,1-2H3,(H,16,20)(H,18,19). The van der Waals surface area contributed by atoms with E-state index in [1.165, 1.54) is 0 Å². The molecule has 0 aromatic carbocycles. The zero-order valence-electron chi connectivity index (χ0n) is 12.9. The fourth-order valence-corrected chi connectivity index (χ4v) is 4.35. The Balaban J connectivity index is 1.95. The molecule has 21 heavy (non-hydrogen) atoms. The van der Waals surface area contributed by atoms with Gasteiger partial charge in [-0.15, -0.1) is 0 Å². The van der Waals surface area contributed by atoms with E-state index in [4.69, 9.17) is 0 Å². The second-order valence-electron chi connectivity index (χ2n) is 6.10. The van der Waals surface area contributed by atoms with Gasteiger partial charge in [-0.05, 0) is 51.2 Å². The third-order valence-electron chi connectivity index (χ3n) is 5.05. The number of carbonyl (C=O) groups is 2. The SMILES string of the molecule is CCC1(C(=O)O)CCCN1C(=O)NC1CCC(SC)CC1. The van der Waals surface area contributed by atoms with Crippen LogP contribution in [0.1, 0.15) is 51.9 Å². The molecule has 2 N–H and O–H groups in total. The molecule has 0 bridgehead atoms. The van der Waals surface area contributed by atoms with E-state index < -0.39 is 11.5 Å². The number of amides is 2. The smallest absolute Gasteiger partial charge is 0.329 e. The zero-order valence-corrected chi connectivity index (χ0v) is 13.7. The van der Waals surface area contributed by atoms with E-state index in [1.807, 2.05) is 18.7 Å². The first-order valence-electron chi connectivity index (χ1n) is 7.88. The highest BCUT2D eigenvalue weighted by atomic mass is 32.2. The van der Waals surface area contributed by atoms with Gasteiger partial charge in [0.25, 0.3) is 0 Å². The minimum absolute atomic E-state index is 0.190. The summed E-state index contributed by atoms with van der Waals surface area (Å²) in [5.74, 6) is -0.872. The van der Waals surface area contributed by atoms with Gasteiger partial charge in [0, 0.05) is 17.8 Å². The van der Waals surface area contributed by atoms with Crippen LogP contribution in [0, 0.1) is 0 Å². The predicted octanol–water partition coefficient (Wildman–Crippen LogP) is 2.70. The van der Waals surface area contributed by atoms with E-state index in [0.717, 1.165) is 32.1 Å². The summed E-state index contributed by atoms with van der Waals surface area (Å²) >= 11 is 1.90. The molecule has 1 heterocycles. The monoisotopic (exact) mass is 314 g/mol. The molecule has 1 saturated carbocycles. The van der Waals surface area contributed by atoms with Crippen molar-refractivity contribution in [3.05, 3.63) is 0 Å². The lowest BCUT2D eigenvalue weighted by Crippen LogP contribution is -2.57. The van der Waals surface area contributed by atoms with Gasteiger partial charge < -0.3 is 15.3 Å². The number of carboxylic acids is 1. The quantitative estimate of drug-likeness (QED) is 0.837. The maximum atomic E-state index is 12.5. The lowest BCUT2D eigenvalue weighted by molar-refractivity contribution is -0.148. The van der Waals surface area contributed by atoms with Gasteiger partial charge in [0.05, 0.1) is 0 Å². The van der Waals surface area contributed by atoms with Crippen LogP contribution in [0.5, 0.6) is 0 Å². The van der Waals surface area contributed by atoms with Gasteiger partial charge in [0.15, 0.2) is 0 Å². The summed E-state index contributed by atoms with van der Waals surface area (Å²) in [6.45, 7) is 2.40. The largest absolute Gasteiger partial charge is 0.479 e. The third-order valence-corrected chi connectivity index (χ3v) is 6.19. The van der Waals surface area contributed by atoms with E-state index >= 15 is 0 Å². The Labute approximate surface area is 130 Å². The maximum absolute atomic E-state index is 12.5. The lowest BCUT2D eigenvalue weighted by Gasteiger charge is -2.36. The number of rotatable bonds is 4. The Morgan fingerprint density at radius 1 is 1.33 bits per heavy atom. The fraction of sp³-hybridized carbons (Fsp3) is 0.867. The van der Waals surface area contributed by atoms with Gasteiger partial charge in [-0.3, -0.25) is 0 Å². The van der Waals surface area contributed by atoms with E-state index in [9.17, 15) is 14.7 Å². The molecule has 2 rings (SSSR count). The molecule has 5 nitrogen and oxygen atoms in total. The Hall–Kier alpha value is -0.910. The minimum atomic E-state index is -0.999. The minimum Gasteiger partial charge on any atom is -0.479 e. The van der Waals surface area contributed by atoms with Crippen molar-refractivity contribution < 1.29 is 14.7 Å². The highest BCUT2D eigenvalue weighted by molar-refractivity contribution is 7.99. The number of nitrogens with one attached hydrogen (secondary N) is 1. The number of thioether (sulfide) groups is 1. The van der Waals surface area contributed by atoms with Crippen molar-refractivity contribution in [2.24, 2.45) is 0 Å². The summed E-state index contributed by atoms with van der Waals surface area (Å²) in [6.07, 6.45) is 8.19. The average Bonchev–Trinajstić information content (AvgIpc) is 2.93. The van der Waals surface area contributed by atoms with E-state index in [2.05, 4.69) is 11.6 Å². The van der Waals surface area contributed by atoms with E-state index in [-0.39, 0.29) is 12.1 Å². The topological polar surface area (TPSA) is 69.6 Å². The number of likely N-dealkylation sites (tertiary alicyclic amines) is 1. The Bertz CT molecular complexity index is 396. The number of aliphatic carboxylic acids is 1. The molecule has 120 valence electrons. The van der Waals surface area contributed by atoms with Gasteiger partial charge in [-0.2, -0.15) is 11.8 Å². The van der Waals surface area contributed by atoms with Gasteiger partial charge >= 0.3 is 12.0 Å². The molecular formula is C15H26N2O3S. The van der Waals surface area contributed by atoms with Crippen LogP contribution in [0.2, 0.25) is 0 Å². The van der Waals surface area contributed by atoms with Crippen molar-refractivity contribution in [1.82, 2.24) is 10.2 Å². The Kier molecular flexibility index (Phi) is 5.41. The van der Waals surface area contributed by atoms with E-state index in [0.29, 0.717) is 24.6 Å². The molecule has 1 aliphatic heterocycles. The molecule has 1 unspecified atom stereocenters. The van der Waals surface area contributed by atoms with Gasteiger partial charge in [0.1, 0.15) is 5.54 Å². The zero-order chi connectivity index (χ0) is 15.5. The van der Waals surface area contributed by atoms with Crippen molar-refractivity contribution in [2.45, 2.75) is 68.7 Å². The van der Waals surface area contributed by atoms with Crippen LogP contribution in [0.25, 0.3) is 0 Å². The summed E-state index contributed by atoms with van der Waals surface area (Å²) in [5.41, 5.74) is -0.999. The first-order chi connectivity index (χ1) is 10.0. The number of hydrogen-bond donors (Lipinski definition) is 2. The van der Waals surface area contributed by atoms with Gasteiger partial charge in [0.2, 0.25) is 0 Å². The average molecular weight is 314 g/mol. The molecule has 0 aromatic rings. The summed E-state index contributed by atoms with van der Waals surface area (Å²) in [6, 6.07) is 0.00852. The second-order valence-corrected chi connectivity index (χ2v) is 7.24. The fourth-order valence-electron chi connectivity index (χ4n) is 3.61. The van der Waals surface area contributed by atoms with Crippen LogP contribution >= 0.6 is 11.8 Å². The van der Waals surface area contributed by atoms with Crippen molar-refractivity contribution in [2.75, 3.05) is 12.8 Å². The maximum Gasteiger partial charge on any atom is 0.329 e. The third kappa shape index (κ3) is 3.30. The molecule has 2 aliphatic rings. The van der Waals surface area contributed by atoms with Crippen LogP contribution in [-0.4, -0.2) is 51.6 Å². The molecule has 1 saturated heterocycles. The number of carbonyl (C=O) groups excluding carboxylic acids is 1. The number of nitrogens with zero attached hydrogens (tertiary/aromatic N) is 1. The lowest BCUT2D eigenvalue weighted by atomic mass is 9.93. The van der Waals surface area contributed by atoms with Crippen LogP contribution < -0.4 is 5.32 Å². The Morgan fingerprint density at radius 3 is 2.52 bits per heavy atom. The van der Waals surface area contributed by atoms with Crippen LogP contribution in [0.3, 0.4) is 0 Å². The van der Waals surface area contributed by atoms with Crippen molar-refractivity contribution in [3.8, 4) is 0 Å². The molecule has 1 aliphatic carbocycles. The second kappa shape index (κ2) is 6.90. The highest BCUT2D eigenvalue weighted by Gasteiger charge is 2.48. The molecule has 2 amide bonds. The van der Waals surface area contributed by atoms with Crippen molar-refractivity contribution >= 4 is 23.8 Å². The molecule has 1 atom stereocenters. The summed E-state index contributed by atoms with van der Waals surface area (Å²) < 4.78 is 0. The van der Waals surface area contributed by atoms with E-state index in [1.54, 1.807) is 4.90 Å². The summed E-state index contributed by atoms with van der Waals surface area (Å²) in [4.78, 5) is 25.7. The number of hydrogen-bond acceptors (Lipinski definition) is 3. The highest BCUT2D eigenvalue weighted by Crippen LogP contribution is 2.33. The van der Waals surface area contributed by atoms with Gasteiger partial charge in [-0.1, -0.05) is 6.92 Å². The predicted molar refractivity (Wildman–Crippen MR) is 84.7 cm³/mol. The number of carboxylic acid groups (broad SMARTS) is 1. The number of urea groups is 1. The molecular weight excluding hydrogens is 288 g/mol. The van der Waals surface area contributed by atoms with Crippen LogP contribution in [-0.2, 0) is 4.79 Å². The van der Waals surface area contributed by atoms with Crippen molar-refractivity contribution in [3.63, 3.8) is 0 Å². The molecule has 2 fully saturated rings. The summed E-state index contributed by atoms with van der Waals surface area (Å²) in [7, 11) is 0. The van der Waals surface area contributed by atoms with Gasteiger partial charge in [-0.25, -0.2) is 9.59 Å². The van der Waals surface area contributed by atoms with Crippen LogP contribution in [0.4, 0.5) is 4.79 Å². The molecule has 0 spiro atoms. The molecule has 6 heteroatoms. The van der Waals surface area contributed by atoms with Crippen molar-refractivity contribution in [1.29, 1.82) is 0 Å². The summed E-state index contributed by atoms with van der Waals surface area (Å²) in [5, 5.41) is 13.3. The molecule has 0 aromatic heterocycles. The van der Waals surface area contributed by atoms with Crippen LogP contribution in [0.15, 0.2) is 0 Å². The Morgan fingerprint density at radius 2 is 2.00 bits per heavy atom.